The lowest BCUT2D eigenvalue weighted by molar-refractivity contribution is 0.234. The highest BCUT2D eigenvalue weighted by molar-refractivity contribution is 7.91. The number of halogens is 2. The second kappa shape index (κ2) is 8.89. The van der Waals surface area contributed by atoms with Crippen molar-refractivity contribution in [2.75, 3.05) is 13.1 Å². The van der Waals surface area contributed by atoms with Crippen molar-refractivity contribution in [3.05, 3.63) is 60.2 Å². The highest BCUT2D eigenvalue weighted by Crippen LogP contribution is 2.28. The fourth-order valence-electron chi connectivity index (χ4n) is 3.51. The van der Waals surface area contributed by atoms with Crippen LogP contribution in [-0.2, 0) is 26.3 Å². The zero-order chi connectivity index (χ0) is 21.1. The van der Waals surface area contributed by atoms with E-state index in [1.807, 2.05) is 18.2 Å². The van der Waals surface area contributed by atoms with E-state index in [0.717, 1.165) is 49.9 Å². The van der Waals surface area contributed by atoms with Crippen LogP contribution in [0.1, 0.15) is 24.8 Å². The molecule has 1 aliphatic rings. The van der Waals surface area contributed by atoms with Gasteiger partial charge in [0.2, 0.25) is 19.9 Å². The molecule has 2 aromatic rings. The minimum Gasteiger partial charge on any atom is -0.218 e. The highest BCUT2D eigenvalue weighted by atomic mass is 32.2. The van der Waals surface area contributed by atoms with Crippen molar-refractivity contribution < 1.29 is 25.6 Å². The average molecular weight is 444 g/mol. The lowest BCUT2D eigenvalue weighted by Crippen LogP contribution is -2.38. The molecule has 0 unspecified atom stereocenters. The highest BCUT2D eigenvalue weighted by Gasteiger charge is 2.31. The second-order valence-electron chi connectivity index (χ2n) is 7.15. The second-order valence-corrected chi connectivity index (χ2v) is 11.0. The van der Waals surface area contributed by atoms with Crippen molar-refractivity contribution in [1.82, 2.24) is 4.31 Å². The van der Waals surface area contributed by atoms with Gasteiger partial charge >= 0.3 is 5.76 Å². The lowest BCUT2D eigenvalue weighted by atomic mass is 9.91. The predicted octanol–water partition coefficient (Wildman–Crippen LogP) is 3.72. The third-order valence-corrected chi connectivity index (χ3v) is 8.59. The Morgan fingerprint density at radius 3 is 1.97 bits per heavy atom. The molecule has 0 N–H and O–H groups in total. The van der Waals surface area contributed by atoms with Gasteiger partial charge in [-0.15, -0.1) is 0 Å². The maximum absolute atomic E-state index is 12.8. The van der Waals surface area contributed by atoms with Gasteiger partial charge in [-0.3, -0.25) is 0 Å². The number of aryl methyl sites for hydroxylation is 1. The van der Waals surface area contributed by atoms with Crippen LogP contribution >= 0.6 is 0 Å². The molecule has 29 heavy (non-hydrogen) atoms. The van der Waals surface area contributed by atoms with Crippen LogP contribution in [0.25, 0.3) is 0 Å². The van der Waals surface area contributed by atoms with E-state index < -0.39 is 30.5 Å². The summed E-state index contributed by atoms with van der Waals surface area (Å²) in [4.78, 5) is -0.681. The van der Waals surface area contributed by atoms with Crippen molar-refractivity contribution in [2.45, 2.75) is 41.2 Å². The number of nitrogens with zero attached hydrogens (tertiary/aromatic N) is 1. The molecular weight excluding hydrogens is 420 g/mol. The monoisotopic (exact) mass is 443 g/mol. The van der Waals surface area contributed by atoms with Gasteiger partial charge in [-0.05, 0) is 61.4 Å². The number of benzene rings is 2. The van der Waals surface area contributed by atoms with E-state index in [9.17, 15) is 25.6 Å². The van der Waals surface area contributed by atoms with Gasteiger partial charge in [0.05, 0.1) is 9.79 Å². The number of rotatable bonds is 7. The number of piperidine rings is 1. The summed E-state index contributed by atoms with van der Waals surface area (Å²) in [6.07, 6.45) is 3.46. The molecule has 1 heterocycles. The van der Waals surface area contributed by atoms with Crippen molar-refractivity contribution in [3.8, 4) is 0 Å². The van der Waals surface area contributed by atoms with Crippen molar-refractivity contribution in [2.24, 2.45) is 5.92 Å². The summed E-state index contributed by atoms with van der Waals surface area (Å²) in [6, 6.07) is 14.1. The number of sulfone groups is 1. The Morgan fingerprint density at radius 2 is 1.41 bits per heavy atom. The molecule has 1 fully saturated rings. The summed E-state index contributed by atoms with van der Waals surface area (Å²) in [5, 5.41) is 0. The zero-order valence-corrected chi connectivity index (χ0v) is 17.4. The zero-order valence-electron chi connectivity index (χ0n) is 15.7. The quantitative estimate of drug-likeness (QED) is 0.654. The molecule has 0 bridgehead atoms. The van der Waals surface area contributed by atoms with E-state index >= 15 is 0 Å². The smallest absolute Gasteiger partial charge is 0.218 e. The van der Waals surface area contributed by atoms with Gasteiger partial charge in [0.15, 0.2) is 0 Å². The van der Waals surface area contributed by atoms with E-state index in [1.54, 1.807) is 0 Å². The van der Waals surface area contributed by atoms with Crippen molar-refractivity contribution >= 4 is 19.9 Å². The van der Waals surface area contributed by atoms with Gasteiger partial charge in [0, 0.05) is 13.1 Å². The molecular formula is C20H23F2NO4S2. The van der Waals surface area contributed by atoms with Crippen LogP contribution in [0, 0.1) is 5.92 Å². The first-order valence-electron chi connectivity index (χ1n) is 9.37. The molecule has 158 valence electrons. The first kappa shape index (κ1) is 21.9. The number of hydrogen-bond donors (Lipinski definition) is 0. The summed E-state index contributed by atoms with van der Waals surface area (Å²) in [5.41, 5.74) is 1.27. The molecule has 0 spiro atoms. The molecule has 2 aromatic carbocycles. The van der Waals surface area contributed by atoms with Gasteiger partial charge in [-0.25, -0.2) is 16.8 Å². The number of hydrogen-bond acceptors (Lipinski definition) is 4. The number of sulfonamides is 1. The molecule has 0 amide bonds. The van der Waals surface area contributed by atoms with Gasteiger partial charge < -0.3 is 0 Å². The van der Waals surface area contributed by atoms with Crippen LogP contribution in [0.2, 0.25) is 0 Å². The van der Waals surface area contributed by atoms with E-state index in [1.165, 1.54) is 9.87 Å². The first-order chi connectivity index (χ1) is 13.7. The Labute approximate surface area is 170 Å². The van der Waals surface area contributed by atoms with Crippen molar-refractivity contribution in [3.63, 3.8) is 0 Å². The van der Waals surface area contributed by atoms with Gasteiger partial charge in [0.1, 0.15) is 0 Å². The third kappa shape index (κ3) is 5.02. The number of alkyl halides is 2. The molecule has 1 aliphatic heterocycles. The summed E-state index contributed by atoms with van der Waals surface area (Å²) in [7, 11) is -8.53. The van der Waals surface area contributed by atoms with Crippen molar-refractivity contribution in [1.29, 1.82) is 0 Å². The molecule has 0 saturated carbocycles. The Bertz CT molecular complexity index is 1020. The normalized spacial score (nSPS) is 16.9. The molecule has 9 heteroatoms. The van der Waals surface area contributed by atoms with Crippen LogP contribution in [0.15, 0.2) is 64.4 Å². The van der Waals surface area contributed by atoms with E-state index in [4.69, 9.17) is 0 Å². The molecule has 0 atom stereocenters. The molecule has 5 nitrogen and oxygen atoms in total. The van der Waals surface area contributed by atoms with Crippen LogP contribution < -0.4 is 0 Å². The lowest BCUT2D eigenvalue weighted by Gasteiger charge is -2.31. The Hall–Kier alpha value is -1.84. The van der Waals surface area contributed by atoms with Gasteiger partial charge in [-0.1, -0.05) is 30.3 Å². The van der Waals surface area contributed by atoms with Crippen LogP contribution in [0.4, 0.5) is 8.78 Å². The third-order valence-electron chi connectivity index (χ3n) is 5.28. The summed E-state index contributed by atoms with van der Waals surface area (Å²) in [6.45, 7) is 0.776. The molecule has 3 rings (SSSR count). The molecule has 0 aromatic heterocycles. The summed E-state index contributed by atoms with van der Waals surface area (Å²) in [5.74, 6) is -3.10. The fourth-order valence-corrected chi connectivity index (χ4v) is 5.70. The fraction of sp³-hybridized carbons (Fsp3) is 0.400. The van der Waals surface area contributed by atoms with Gasteiger partial charge in [-0.2, -0.15) is 13.1 Å². The van der Waals surface area contributed by atoms with Gasteiger partial charge in [0.25, 0.3) is 0 Å². The maximum atomic E-state index is 12.8. The minimum absolute atomic E-state index is 0.0894. The molecule has 0 radical (unpaired) electrons. The van der Waals surface area contributed by atoms with E-state index in [0.29, 0.717) is 19.0 Å². The SMILES string of the molecule is O=S(=O)(c1ccc(S(=O)(=O)N2CCC(CCc3ccccc3)CC2)cc1)C(F)F. The Balaban J connectivity index is 1.61. The first-order valence-corrected chi connectivity index (χ1v) is 12.4. The van der Waals surface area contributed by atoms with Crippen LogP contribution in [0.5, 0.6) is 0 Å². The maximum Gasteiger partial charge on any atom is 0.341 e. The predicted molar refractivity (Wildman–Crippen MR) is 106 cm³/mol. The standard InChI is InChI=1S/C20H23F2NO4S2/c21-20(22)28(24,25)18-8-10-19(11-9-18)29(26,27)23-14-12-17(13-15-23)7-6-16-4-2-1-3-5-16/h1-5,8-11,17,20H,6-7,12-15H2. The van der Waals surface area contributed by atoms with Crippen LogP contribution in [0.3, 0.4) is 0 Å². The average Bonchev–Trinajstić information content (AvgIpc) is 2.73. The van der Waals surface area contributed by atoms with E-state index in [-0.39, 0.29) is 4.90 Å². The Morgan fingerprint density at radius 1 is 0.862 bits per heavy atom. The summed E-state index contributed by atoms with van der Waals surface area (Å²) < 4.78 is 75.2. The van der Waals surface area contributed by atoms with E-state index in [2.05, 4.69) is 12.1 Å². The summed E-state index contributed by atoms with van der Waals surface area (Å²) >= 11 is 0. The molecule has 1 saturated heterocycles. The largest absolute Gasteiger partial charge is 0.341 e. The Kier molecular flexibility index (Phi) is 6.70. The minimum atomic E-state index is -4.74. The molecule has 0 aliphatic carbocycles. The van der Waals surface area contributed by atoms with Crippen LogP contribution in [-0.4, -0.2) is 40.0 Å². The topological polar surface area (TPSA) is 71.5 Å².